The molecular weight excluding hydrogens is 326 g/mol. The van der Waals surface area contributed by atoms with Crippen LogP contribution < -0.4 is 5.32 Å². The summed E-state index contributed by atoms with van der Waals surface area (Å²) in [4.78, 5) is 30.4. The molecular formula is C18H18ClN3O2. The number of halogens is 1. The van der Waals surface area contributed by atoms with Crippen LogP contribution in [-0.2, 0) is 0 Å². The monoisotopic (exact) mass is 343 g/mol. The first kappa shape index (κ1) is 16.5. The van der Waals surface area contributed by atoms with Crippen LogP contribution in [0.3, 0.4) is 0 Å². The SMILES string of the molecule is O=C(NC1CCN(C(=O)c2ccncc2)CC1)c1cccc(Cl)c1. The van der Waals surface area contributed by atoms with E-state index >= 15 is 0 Å². The number of nitrogens with zero attached hydrogens (tertiary/aromatic N) is 2. The van der Waals surface area contributed by atoms with Crippen molar-refractivity contribution in [3.63, 3.8) is 0 Å². The molecule has 0 unspecified atom stereocenters. The van der Waals surface area contributed by atoms with Crippen LogP contribution in [0.4, 0.5) is 0 Å². The molecule has 124 valence electrons. The van der Waals surface area contributed by atoms with Crippen molar-refractivity contribution in [1.29, 1.82) is 0 Å². The van der Waals surface area contributed by atoms with Gasteiger partial charge >= 0.3 is 0 Å². The summed E-state index contributed by atoms with van der Waals surface area (Å²) in [6.07, 6.45) is 4.71. The highest BCUT2D eigenvalue weighted by molar-refractivity contribution is 6.30. The average Bonchev–Trinajstić information content (AvgIpc) is 2.62. The first-order chi connectivity index (χ1) is 11.6. The topological polar surface area (TPSA) is 62.3 Å². The fraction of sp³-hybridized carbons (Fsp3) is 0.278. The van der Waals surface area contributed by atoms with Gasteiger partial charge in [-0.15, -0.1) is 0 Å². The van der Waals surface area contributed by atoms with Gasteiger partial charge in [-0.05, 0) is 43.2 Å². The molecule has 1 aliphatic heterocycles. The zero-order valence-electron chi connectivity index (χ0n) is 13.1. The van der Waals surface area contributed by atoms with E-state index in [9.17, 15) is 9.59 Å². The number of hydrogen-bond acceptors (Lipinski definition) is 3. The van der Waals surface area contributed by atoms with Gasteiger partial charge in [-0.1, -0.05) is 17.7 Å². The Balaban J connectivity index is 1.54. The minimum Gasteiger partial charge on any atom is -0.349 e. The van der Waals surface area contributed by atoms with E-state index < -0.39 is 0 Å². The number of likely N-dealkylation sites (tertiary alicyclic amines) is 1. The minimum absolute atomic E-state index is 0.0111. The summed E-state index contributed by atoms with van der Waals surface area (Å²) in [5.74, 6) is -0.117. The van der Waals surface area contributed by atoms with Crippen molar-refractivity contribution in [3.8, 4) is 0 Å². The molecule has 0 saturated carbocycles. The number of amides is 2. The van der Waals surface area contributed by atoms with E-state index in [1.807, 2.05) is 4.90 Å². The molecule has 1 fully saturated rings. The molecule has 2 aromatic rings. The predicted octanol–water partition coefficient (Wildman–Crippen LogP) is 2.77. The highest BCUT2D eigenvalue weighted by atomic mass is 35.5. The Labute approximate surface area is 145 Å². The summed E-state index contributed by atoms with van der Waals surface area (Å²) in [5.41, 5.74) is 1.20. The van der Waals surface area contributed by atoms with E-state index in [0.717, 1.165) is 12.8 Å². The lowest BCUT2D eigenvalue weighted by Gasteiger charge is -2.32. The largest absolute Gasteiger partial charge is 0.349 e. The lowest BCUT2D eigenvalue weighted by atomic mass is 10.0. The summed E-state index contributed by atoms with van der Waals surface area (Å²) >= 11 is 5.92. The van der Waals surface area contributed by atoms with Gasteiger partial charge in [0.05, 0.1) is 0 Å². The maximum atomic E-state index is 12.4. The molecule has 0 aliphatic carbocycles. The number of carbonyl (C=O) groups excluding carboxylic acids is 2. The van der Waals surface area contributed by atoms with Gasteiger partial charge < -0.3 is 10.2 Å². The highest BCUT2D eigenvalue weighted by Crippen LogP contribution is 2.15. The van der Waals surface area contributed by atoms with Crippen molar-refractivity contribution in [2.75, 3.05) is 13.1 Å². The molecule has 1 aromatic carbocycles. The zero-order valence-corrected chi connectivity index (χ0v) is 13.9. The van der Waals surface area contributed by atoms with E-state index in [1.54, 1.807) is 48.8 Å². The molecule has 1 saturated heterocycles. The van der Waals surface area contributed by atoms with Gasteiger partial charge in [-0.3, -0.25) is 14.6 Å². The smallest absolute Gasteiger partial charge is 0.253 e. The number of pyridine rings is 1. The summed E-state index contributed by atoms with van der Waals surface area (Å²) in [6, 6.07) is 10.4. The van der Waals surface area contributed by atoms with Gasteiger partial charge in [0.2, 0.25) is 0 Å². The Kier molecular flexibility index (Phi) is 5.11. The van der Waals surface area contributed by atoms with Gasteiger partial charge in [0.15, 0.2) is 0 Å². The van der Waals surface area contributed by atoms with E-state index in [2.05, 4.69) is 10.3 Å². The maximum Gasteiger partial charge on any atom is 0.253 e. The van der Waals surface area contributed by atoms with Gasteiger partial charge in [-0.2, -0.15) is 0 Å². The number of benzene rings is 1. The second-order valence-electron chi connectivity index (χ2n) is 5.79. The third kappa shape index (κ3) is 3.92. The fourth-order valence-electron chi connectivity index (χ4n) is 2.80. The first-order valence-corrected chi connectivity index (χ1v) is 8.27. The third-order valence-corrected chi connectivity index (χ3v) is 4.37. The standard InChI is InChI=1S/C18H18ClN3O2/c19-15-3-1-2-14(12-15)17(23)21-16-6-10-22(11-7-16)18(24)13-4-8-20-9-5-13/h1-5,8-9,12,16H,6-7,10-11H2,(H,21,23). The summed E-state index contributed by atoms with van der Waals surface area (Å²) < 4.78 is 0. The van der Waals surface area contributed by atoms with Crippen LogP contribution in [0.2, 0.25) is 5.02 Å². The maximum absolute atomic E-state index is 12.4. The molecule has 1 aliphatic rings. The summed E-state index contributed by atoms with van der Waals surface area (Å²) in [6.45, 7) is 1.25. The van der Waals surface area contributed by atoms with Gasteiger partial charge in [0.1, 0.15) is 0 Å². The predicted molar refractivity (Wildman–Crippen MR) is 92.1 cm³/mol. The highest BCUT2D eigenvalue weighted by Gasteiger charge is 2.24. The van der Waals surface area contributed by atoms with E-state index in [4.69, 9.17) is 11.6 Å². The number of carbonyl (C=O) groups is 2. The van der Waals surface area contributed by atoms with Crippen LogP contribution >= 0.6 is 11.6 Å². The normalized spacial score (nSPS) is 15.1. The molecule has 1 aromatic heterocycles. The van der Waals surface area contributed by atoms with Gasteiger partial charge in [-0.25, -0.2) is 0 Å². The van der Waals surface area contributed by atoms with Crippen LogP contribution in [0.25, 0.3) is 0 Å². The second kappa shape index (κ2) is 7.45. The Morgan fingerprint density at radius 2 is 1.79 bits per heavy atom. The Bertz CT molecular complexity index is 728. The number of nitrogens with one attached hydrogen (secondary N) is 1. The minimum atomic E-state index is -0.128. The number of hydrogen-bond donors (Lipinski definition) is 1. The Morgan fingerprint density at radius 3 is 2.46 bits per heavy atom. The van der Waals surface area contributed by atoms with Crippen molar-refractivity contribution in [3.05, 3.63) is 64.9 Å². The van der Waals surface area contributed by atoms with E-state index in [1.165, 1.54) is 0 Å². The quantitative estimate of drug-likeness (QED) is 0.932. The van der Waals surface area contributed by atoms with Crippen LogP contribution in [-0.4, -0.2) is 40.8 Å². The molecule has 0 radical (unpaired) electrons. The van der Waals surface area contributed by atoms with Crippen molar-refractivity contribution in [1.82, 2.24) is 15.2 Å². The van der Waals surface area contributed by atoms with Crippen LogP contribution in [0.15, 0.2) is 48.8 Å². The number of rotatable bonds is 3. The fourth-order valence-corrected chi connectivity index (χ4v) is 2.99. The number of piperidine rings is 1. The zero-order chi connectivity index (χ0) is 16.9. The van der Waals surface area contributed by atoms with Gasteiger partial charge in [0, 0.05) is 47.7 Å². The first-order valence-electron chi connectivity index (χ1n) is 7.89. The molecule has 5 nitrogen and oxygen atoms in total. The van der Waals surface area contributed by atoms with Gasteiger partial charge in [0.25, 0.3) is 11.8 Å². The third-order valence-electron chi connectivity index (χ3n) is 4.13. The van der Waals surface area contributed by atoms with Crippen molar-refractivity contribution >= 4 is 23.4 Å². The molecule has 1 N–H and O–H groups in total. The molecule has 24 heavy (non-hydrogen) atoms. The Hall–Kier alpha value is -2.40. The molecule has 0 spiro atoms. The summed E-state index contributed by atoms with van der Waals surface area (Å²) in [5, 5.41) is 3.56. The number of aromatic nitrogens is 1. The Morgan fingerprint density at radius 1 is 1.08 bits per heavy atom. The van der Waals surface area contributed by atoms with Crippen molar-refractivity contribution in [2.45, 2.75) is 18.9 Å². The van der Waals surface area contributed by atoms with E-state index in [0.29, 0.717) is 29.2 Å². The van der Waals surface area contributed by atoms with Crippen molar-refractivity contribution in [2.24, 2.45) is 0 Å². The molecule has 0 atom stereocenters. The lowest BCUT2D eigenvalue weighted by molar-refractivity contribution is 0.0698. The lowest BCUT2D eigenvalue weighted by Crippen LogP contribution is -2.46. The second-order valence-corrected chi connectivity index (χ2v) is 6.22. The molecule has 6 heteroatoms. The summed E-state index contributed by atoms with van der Waals surface area (Å²) in [7, 11) is 0. The van der Waals surface area contributed by atoms with E-state index in [-0.39, 0.29) is 17.9 Å². The molecule has 3 rings (SSSR count). The van der Waals surface area contributed by atoms with Crippen LogP contribution in [0.1, 0.15) is 33.6 Å². The molecule has 2 amide bonds. The average molecular weight is 344 g/mol. The molecule has 2 heterocycles. The van der Waals surface area contributed by atoms with Crippen LogP contribution in [0.5, 0.6) is 0 Å². The van der Waals surface area contributed by atoms with Crippen LogP contribution in [0, 0.1) is 0 Å². The molecule has 0 bridgehead atoms. The van der Waals surface area contributed by atoms with Crippen molar-refractivity contribution < 1.29 is 9.59 Å².